The maximum atomic E-state index is 12.3. The molecule has 0 saturated carbocycles. The highest BCUT2D eigenvalue weighted by atomic mass is 16.9. The highest BCUT2D eigenvalue weighted by molar-refractivity contribution is 6.06. The van der Waals surface area contributed by atoms with Crippen molar-refractivity contribution in [1.29, 1.82) is 0 Å². The number of hydrogen-bond acceptors (Lipinski definition) is 6. The first kappa shape index (κ1) is 13.1. The van der Waals surface area contributed by atoms with Gasteiger partial charge in [0.05, 0.1) is 25.0 Å². The van der Waals surface area contributed by atoms with Gasteiger partial charge in [-0.25, -0.2) is 4.79 Å². The smallest absolute Gasteiger partial charge is 0.347 e. The average Bonchev–Trinajstić information content (AvgIpc) is 3.20. The minimum atomic E-state index is -0.562. The number of ether oxygens (including phenoxy) is 3. The van der Waals surface area contributed by atoms with Crippen LogP contribution in [-0.4, -0.2) is 25.8 Å². The Kier molecular flexibility index (Phi) is 2.48. The summed E-state index contributed by atoms with van der Waals surface area (Å²) in [6.07, 6.45) is 1.36. The first-order valence-electron chi connectivity index (χ1n) is 7.71. The van der Waals surface area contributed by atoms with Crippen LogP contribution in [0.1, 0.15) is 40.2 Å². The van der Waals surface area contributed by atoms with Crippen LogP contribution in [0.5, 0.6) is 11.5 Å². The summed E-state index contributed by atoms with van der Waals surface area (Å²) in [4.78, 5) is 24.3. The molecule has 3 heterocycles. The van der Waals surface area contributed by atoms with Gasteiger partial charge >= 0.3 is 5.63 Å². The van der Waals surface area contributed by atoms with Crippen molar-refractivity contribution in [3.63, 3.8) is 0 Å². The van der Waals surface area contributed by atoms with Gasteiger partial charge in [-0.1, -0.05) is 0 Å². The van der Waals surface area contributed by atoms with Gasteiger partial charge in [-0.15, -0.1) is 0 Å². The summed E-state index contributed by atoms with van der Waals surface area (Å²) in [5, 5.41) is 0.725. The Balaban J connectivity index is 1.92. The van der Waals surface area contributed by atoms with Gasteiger partial charge in [0.25, 0.3) is 0 Å². The van der Waals surface area contributed by atoms with E-state index in [9.17, 15) is 9.59 Å². The number of rotatable bonds is 1. The Labute approximate surface area is 130 Å². The van der Waals surface area contributed by atoms with E-state index in [-0.39, 0.29) is 23.6 Å². The van der Waals surface area contributed by atoms with E-state index in [0.717, 1.165) is 22.9 Å². The van der Waals surface area contributed by atoms with Crippen molar-refractivity contribution < 1.29 is 23.4 Å². The van der Waals surface area contributed by atoms with Crippen molar-refractivity contribution in [2.75, 3.05) is 13.7 Å². The van der Waals surface area contributed by atoms with Gasteiger partial charge < -0.3 is 18.6 Å². The summed E-state index contributed by atoms with van der Waals surface area (Å²) in [5.74, 6) is 1.10. The third kappa shape index (κ3) is 1.56. The zero-order chi connectivity index (χ0) is 15.7. The van der Waals surface area contributed by atoms with Crippen LogP contribution in [0.2, 0.25) is 0 Å². The van der Waals surface area contributed by atoms with Gasteiger partial charge in [0.2, 0.25) is 6.29 Å². The quantitative estimate of drug-likeness (QED) is 0.589. The molecule has 1 saturated heterocycles. The third-order valence-corrected chi connectivity index (χ3v) is 5.00. The van der Waals surface area contributed by atoms with Gasteiger partial charge in [-0.3, -0.25) is 4.79 Å². The Bertz CT molecular complexity index is 925. The SMILES string of the molecule is [13CH3]O[13c]1[13cH][13c]2[13c]([13c]3o[13c](=O)[13c]4[13c]([13c]13)[13CH2][13CH2][13C]4=O)[13C@@H]1[13CH2][13CH2]O[13C@@H]1O2. The van der Waals surface area contributed by atoms with E-state index in [2.05, 4.69) is 0 Å². The van der Waals surface area contributed by atoms with Crippen LogP contribution >= 0.6 is 0 Å². The Hall–Kier alpha value is -2.34. The second-order valence-corrected chi connectivity index (χ2v) is 6.11. The van der Waals surface area contributed by atoms with E-state index >= 15 is 0 Å². The molecule has 23 heavy (non-hydrogen) atoms. The molecule has 6 nitrogen and oxygen atoms in total. The Morgan fingerprint density at radius 1 is 1.26 bits per heavy atom. The van der Waals surface area contributed by atoms with Crippen LogP contribution in [0, 0.1) is 0 Å². The number of ketones is 1. The van der Waals surface area contributed by atoms with Crippen molar-refractivity contribution >= 4 is 16.8 Å². The summed E-state index contributed by atoms with van der Waals surface area (Å²) in [6, 6.07) is 1.81. The van der Waals surface area contributed by atoms with Crippen LogP contribution in [0.25, 0.3) is 11.0 Å². The predicted molar refractivity (Wildman–Crippen MR) is 79.4 cm³/mol. The first-order chi connectivity index (χ1) is 11.2. The highest BCUT2D eigenvalue weighted by Crippen LogP contribution is 2.51. The fourth-order valence-corrected chi connectivity index (χ4v) is 4.00. The maximum Gasteiger partial charge on any atom is 0.347 e. The molecule has 118 valence electrons. The lowest BCUT2D eigenvalue weighted by Gasteiger charge is -2.13. The van der Waals surface area contributed by atoms with Gasteiger partial charge in [0.15, 0.2) is 5.78 Å². The van der Waals surface area contributed by atoms with E-state index in [4.69, 9.17) is 18.6 Å². The zero-order valence-corrected chi connectivity index (χ0v) is 12.5. The molecule has 0 N–H and O–H groups in total. The molecule has 0 amide bonds. The number of aryl methyl sites for hydroxylation is 1. The van der Waals surface area contributed by atoms with E-state index in [0.29, 0.717) is 36.5 Å². The van der Waals surface area contributed by atoms with Crippen molar-refractivity contribution in [3.05, 3.63) is 33.2 Å². The van der Waals surface area contributed by atoms with Gasteiger partial charge in [0, 0.05) is 18.1 Å². The summed E-state index contributed by atoms with van der Waals surface area (Å²) in [5.41, 5.74) is 1.70. The van der Waals surface area contributed by atoms with Crippen molar-refractivity contribution in [1.82, 2.24) is 0 Å². The number of benzene rings is 1. The minimum absolute atomic E-state index is 0.0525. The standard InChI is InChI=1S/C17H14O6/c1-20-10-6-11-14(8-4-5-21-17(8)22-11)15-13(10)7-2-3-9(18)12(7)16(19)23-15/h6,8,17H,2-5H2,1H3/t8-,17+/m0/s1/i1+1,2+1,3+1,4+1,5+1,6+1,7+1,8+1,9+1,10+1,11+1,12+1,13+1,14+1,15+1,16+1,17+1. The van der Waals surface area contributed by atoms with Crippen LogP contribution in [0.15, 0.2) is 15.3 Å². The topological polar surface area (TPSA) is 75.0 Å². The molecule has 6 heteroatoms. The Morgan fingerprint density at radius 3 is 2.96 bits per heavy atom. The summed E-state index contributed by atoms with van der Waals surface area (Å²) in [6.45, 7) is 0.621. The zero-order valence-electron chi connectivity index (χ0n) is 12.5. The molecule has 2 atom stereocenters. The highest BCUT2D eigenvalue weighted by Gasteiger charge is 2.43. The number of fused-ring (bicyclic) bond motifs is 7. The van der Waals surface area contributed by atoms with Crippen LogP contribution < -0.4 is 15.1 Å². The fraction of sp³-hybridized carbons (Fsp3) is 0.412. The molecule has 3 aliphatic rings. The fourth-order valence-electron chi connectivity index (χ4n) is 4.00. The average molecular weight is 331 g/mol. The third-order valence-electron chi connectivity index (χ3n) is 5.00. The largest absolute Gasteiger partial charge is 0.496 e. The summed E-state index contributed by atoms with van der Waals surface area (Å²) >= 11 is 0. The van der Waals surface area contributed by atoms with E-state index < -0.39 is 5.63 Å². The van der Waals surface area contributed by atoms with Gasteiger partial charge in [0.1, 0.15) is 22.6 Å². The summed E-state index contributed by atoms with van der Waals surface area (Å²) < 4.78 is 22.5. The van der Waals surface area contributed by atoms with Crippen LogP contribution in [0.4, 0.5) is 0 Å². The monoisotopic (exact) mass is 331 g/mol. The number of carbonyl (C=O) groups excluding carboxylic acids is 1. The first-order valence-corrected chi connectivity index (χ1v) is 7.71. The number of methoxy groups -OCH3 is 1. The van der Waals surface area contributed by atoms with Crippen LogP contribution in [-0.2, 0) is 11.2 Å². The van der Waals surface area contributed by atoms with E-state index in [1.807, 2.05) is 6.07 Å². The van der Waals surface area contributed by atoms with Crippen LogP contribution in [0.3, 0.4) is 0 Å². The molecule has 0 spiro atoms. The lowest BCUT2D eigenvalue weighted by atomic mass is 10.9. The molecule has 1 aromatic heterocycles. The molecule has 2 aliphatic heterocycles. The van der Waals surface area contributed by atoms with Gasteiger partial charge in [-0.2, -0.15) is 0 Å². The molecule has 0 unspecified atom stereocenters. The van der Waals surface area contributed by atoms with Crippen molar-refractivity contribution in [2.24, 2.45) is 0 Å². The molecular weight excluding hydrogens is 317 g/mol. The molecule has 1 aliphatic carbocycles. The Morgan fingerprint density at radius 2 is 2.13 bits per heavy atom. The van der Waals surface area contributed by atoms with Gasteiger partial charge in [-0.05, 0) is 18.4 Å². The second kappa shape index (κ2) is 4.35. The minimum Gasteiger partial charge on any atom is -0.496 e. The maximum absolute atomic E-state index is 12.3. The molecular formula is C17H14O6. The molecule has 0 radical (unpaired) electrons. The number of Topliss-reactive ketones (excluding diaryl/α,β-unsaturated/α-hetero) is 1. The number of carbonyl (C=O) groups is 1. The molecule has 2 aromatic rings. The van der Waals surface area contributed by atoms with E-state index in [1.54, 1.807) is 7.11 Å². The normalized spacial score (nSPS) is 24.5. The number of hydrogen-bond donors (Lipinski definition) is 0. The second-order valence-electron chi connectivity index (χ2n) is 6.11. The van der Waals surface area contributed by atoms with E-state index in [1.165, 1.54) is 0 Å². The predicted octanol–water partition coefficient (Wildman–Crippen LogP) is 2.15. The molecule has 1 aromatic carbocycles. The summed E-state index contributed by atoms with van der Waals surface area (Å²) in [7, 11) is 1.56. The molecule has 0 bridgehead atoms. The molecule has 1 fully saturated rings. The van der Waals surface area contributed by atoms with Crippen molar-refractivity contribution in [2.45, 2.75) is 31.5 Å². The van der Waals surface area contributed by atoms with Crippen molar-refractivity contribution in [3.8, 4) is 11.5 Å². The lowest BCUT2D eigenvalue weighted by Crippen LogP contribution is -2.14. The lowest BCUT2D eigenvalue weighted by molar-refractivity contribution is -0.0337. The molecule has 5 rings (SSSR count).